The lowest BCUT2D eigenvalue weighted by molar-refractivity contribution is 0.0611. The molecule has 7 nitrogen and oxygen atoms in total. The minimum absolute atomic E-state index is 0.0895. The third-order valence-corrected chi connectivity index (χ3v) is 7.59. The van der Waals surface area contributed by atoms with Crippen LogP contribution >= 0.6 is 0 Å². The summed E-state index contributed by atoms with van der Waals surface area (Å²) in [5, 5.41) is 0. The molecule has 0 saturated carbocycles. The van der Waals surface area contributed by atoms with Crippen molar-refractivity contribution in [2.75, 3.05) is 13.2 Å². The molecule has 1 aliphatic rings. The van der Waals surface area contributed by atoms with Gasteiger partial charge in [0.2, 0.25) is 15.4 Å². The molecule has 2 aromatic heterocycles. The third-order valence-electron chi connectivity index (χ3n) is 5.85. The molecule has 1 fully saturated rings. The van der Waals surface area contributed by atoms with Crippen molar-refractivity contribution in [2.24, 2.45) is 13.0 Å². The molecule has 0 unspecified atom stereocenters. The number of imidazole rings is 1. The van der Waals surface area contributed by atoms with Crippen LogP contribution in [0.15, 0.2) is 51.1 Å². The van der Waals surface area contributed by atoms with Crippen LogP contribution in [0, 0.1) is 5.92 Å². The van der Waals surface area contributed by atoms with Gasteiger partial charge in [0.05, 0.1) is 20.8 Å². The van der Waals surface area contributed by atoms with Gasteiger partial charge in [-0.25, -0.2) is 13.4 Å². The summed E-state index contributed by atoms with van der Waals surface area (Å²) >= 11 is 0. The van der Waals surface area contributed by atoms with Crippen LogP contribution in [0.4, 0.5) is 0 Å². The van der Waals surface area contributed by atoms with E-state index < -0.39 is 9.84 Å². The highest BCUT2D eigenvalue weighted by atomic mass is 32.2. The van der Waals surface area contributed by atoms with E-state index in [1.807, 2.05) is 6.07 Å². The molecule has 31 heavy (non-hydrogen) atoms. The maximum absolute atomic E-state index is 13.2. The number of hydrogen-bond acceptors (Lipinski definition) is 5. The maximum atomic E-state index is 13.2. The minimum Gasteiger partial charge on any atom is -0.381 e. The van der Waals surface area contributed by atoms with Crippen LogP contribution in [0.25, 0.3) is 11.0 Å². The number of sulfone groups is 1. The van der Waals surface area contributed by atoms with Crippen molar-refractivity contribution in [2.45, 2.75) is 55.4 Å². The van der Waals surface area contributed by atoms with Gasteiger partial charge in [-0.05, 0) is 43.0 Å². The van der Waals surface area contributed by atoms with Gasteiger partial charge in [0.15, 0.2) is 0 Å². The Bertz CT molecular complexity index is 1280. The molecule has 3 aromatic rings. The first-order valence-electron chi connectivity index (χ1n) is 10.6. The molecule has 1 saturated heterocycles. The van der Waals surface area contributed by atoms with Gasteiger partial charge in [-0.1, -0.05) is 20.8 Å². The van der Waals surface area contributed by atoms with E-state index in [1.165, 1.54) is 29.9 Å². The number of rotatable bonds is 4. The average Bonchev–Trinajstić information content (AvgIpc) is 3.09. The molecule has 8 heteroatoms. The van der Waals surface area contributed by atoms with Gasteiger partial charge in [-0.2, -0.15) is 0 Å². The van der Waals surface area contributed by atoms with E-state index in [0.717, 1.165) is 43.9 Å². The second kappa shape index (κ2) is 7.91. The highest BCUT2D eigenvalue weighted by Crippen LogP contribution is 2.31. The molecule has 0 aliphatic carbocycles. The quantitative estimate of drug-likeness (QED) is 0.618. The molecule has 0 radical (unpaired) electrons. The monoisotopic (exact) mass is 443 g/mol. The van der Waals surface area contributed by atoms with Gasteiger partial charge in [0.1, 0.15) is 5.82 Å². The first kappa shape index (κ1) is 21.8. The molecular weight excluding hydrogens is 414 g/mol. The molecule has 0 amide bonds. The Morgan fingerprint density at radius 1 is 1.10 bits per heavy atom. The topological polar surface area (TPSA) is 83.2 Å². The summed E-state index contributed by atoms with van der Waals surface area (Å²) in [6.07, 6.45) is 3.39. The SMILES string of the molecule is Cn1cc(S(=O)(=O)c2ccc3c(c2)nc(C(C)(C)C)n3CC2CCOCC2)ccc1=O. The molecule has 0 spiro atoms. The summed E-state index contributed by atoms with van der Waals surface area (Å²) < 4.78 is 35.4. The zero-order valence-electron chi connectivity index (χ0n) is 18.5. The fourth-order valence-corrected chi connectivity index (χ4v) is 5.42. The fourth-order valence-electron chi connectivity index (χ4n) is 4.08. The van der Waals surface area contributed by atoms with Crippen molar-refractivity contribution < 1.29 is 13.2 Å². The molecule has 3 heterocycles. The van der Waals surface area contributed by atoms with E-state index in [2.05, 4.69) is 25.3 Å². The van der Waals surface area contributed by atoms with Crippen molar-refractivity contribution in [1.82, 2.24) is 14.1 Å². The Hall–Kier alpha value is -2.45. The van der Waals surface area contributed by atoms with Crippen molar-refractivity contribution >= 4 is 20.9 Å². The van der Waals surface area contributed by atoms with Gasteiger partial charge >= 0.3 is 0 Å². The summed E-state index contributed by atoms with van der Waals surface area (Å²) in [4.78, 5) is 16.8. The first-order chi connectivity index (χ1) is 14.6. The molecule has 4 rings (SSSR count). The smallest absolute Gasteiger partial charge is 0.250 e. The predicted molar refractivity (Wildman–Crippen MR) is 119 cm³/mol. The van der Waals surface area contributed by atoms with Crippen molar-refractivity contribution in [3.05, 3.63) is 52.7 Å². The lowest BCUT2D eigenvalue weighted by atomic mass is 9.94. The van der Waals surface area contributed by atoms with Crippen LogP contribution < -0.4 is 5.56 Å². The Morgan fingerprint density at radius 2 is 1.77 bits per heavy atom. The van der Waals surface area contributed by atoms with E-state index in [1.54, 1.807) is 12.1 Å². The first-order valence-corrected chi connectivity index (χ1v) is 12.1. The number of pyridine rings is 1. The minimum atomic E-state index is -3.76. The summed E-state index contributed by atoms with van der Waals surface area (Å²) in [6.45, 7) is 8.78. The number of ether oxygens (including phenoxy) is 1. The number of hydrogen-bond donors (Lipinski definition) is 0. The van der Waals surface area contributed by atoms with Crippen molar-refractivity contribution in [3.63, 3.8) is 0 Å². The van der Waals surface area contributed by atoms with Crippen LogP contribution in [0.3, 0.4) is 0 Å². The van der Waals surface area contributed by atoms with Crippen LogP contribution in [-0.2, 0) is 33.6 Å². The molecule has 0 N–H and O–H groups in total. The molecule has 0 atom stereocenters. The lowest BCUT2D eigenvalue weighted by Crippen LogP contribution is -2.25. The number of fused-ring (bicyclic) bond motifs is 1. The normalized spacial score (nSPS) is 16.1. The van der Waals surface area contributed by atoms with Gasteiger partial charge in [-0.15, -0.1) is 0 Å². The predicted octanol–water partition coefficient (Wildman–Crippen LogP) is 3.29. The number of benzene rings is 1. The molecule has 0 bridgehead atoms. The Kier molecular flexibility index (Phi) is 5.55. The van der Waals surface area contributed by atoms with E-state index in [-0.39, 0.29) is 20.8 Å². The van der Waals surface area contributed by atoms with Crippen molar-refractivity contribution in [3.8, 4) is 0 Å². The Balaban J connectivity index is 1.80. The third kappa shape index (κ3) is 4.19. The molecule has 166 valence electrons. The Labute approximate surface area is 182 Å². The van der Waals surface area contributed by atoms with E-state index >= 15 is 0 Å². The highest BCUT2D eigenvalue weighted by molar-refractivity contribution is 7.91. The lowest BCUT2D eigenvalue weighted by Gasteiger charge is -2.26. The number of aromatic nitrogens is 3. The summed E-state index contributed by atoms with van der Waals surface area (Å²) in [7, 11) is -2.22. The van der Waals surface area contributed by atoms with Gasteiger partial charge in [0.25, 0.3) is 0 Å². The van der Waals surface area contributed by atoms with Gasteiger partial charge < -0.3 is 13.9 Å². The zero-order valence-corrected chi connectivity index (χ0v) is 19.3. The summed E-state index contributed by atoms with van der Waals surface area (Å²) in [6, 6.07) is 7.76. The summed E-state index contributed by atoms with van der Waals surface area (Å²) in [5.41, 5.74) is 1.18. The standard InChI is InChI=1S/C23H29N3O4S/c1-23(2,3)22-24-19-13-17(31(28,29)18-6-8-21(27)25(4)15-18)5-7-20(19)26(22)14-16-9-11-30-12-10-16/h5-8,13,15-16H,9-12,14H2,1-4H3. The number of nitrogens with zero attached hydrogens (tertiary/aromatic N) is 3. The molecule has 1 aromatic carbocycles. The number of aryl methyl sites for hydroxylation is 1. The largest absolute Gasteiger partial charge is 0.381 e. The van der Waals surface area contributed by atoms with E-state index in [9.17, 15) is 13.2 Å². The average molecular weight is 444 g/mol. The summed E-state index contributed by atoms with van der Waals surface area (Å²) in [5.74, 6) is 1.46. The second-order valence-corrected chi connectivity index (χ2v) is 11.3. The van der Waals surface area contributed by atoms with Crippen LogP contribution in [0.2, 0.25) is 0 Å². The zero-order chi connectivity index (χ0) is 22.4. The second-order valence-electron chi connectivity index (χ2n) is 9.32. The van der Waals surface area contributed by atoms with Gasteiger partial charge in [-0.3, -0.25) is 4.79 Å². The van der Waals surface area contributed by atoms with E-state index in [4.69, 9.17) is 9.72 Å². The fraction of sp³-hybridized carbons (Fsp3) is 0.478. The molecular formula is C23H29N3O4S. The van der Waals surface area contributed by atoms with Crippen molar-refractivity contribution in [1.29, 1.82) is 0 Å². The van der Waals surface area contributed by atoms with Crippen LogP contribution in [-0.4, -0.2) is 35.7 Å². The highest BCUT2D eigenvalue weighted by Gasteiger charge is 2.27. The van der Waals surface area contributed by atoms with Gasteiger partial charge in [0, 0.05) is 44.5 Å². The van der Waals surface area contributed by atoms with Crippen LogP contribution in [0.5, 0.6) is 0 Å². The Morgan fingerprint density at radius 3 is 2.42 bits per heavy atom. The molecule has 1 aliphatic heterocycles. The van der Waals surface area contributed by atoms with Crippen LogP contribution in [0.1, 0.15) is 39.4 Å². The maximum Gasteiger partial charge on any atom is 0.250 e. The van der Waals surface area contributed by atoms with E-state index in [0.29, 0.717) is 11.4 Å².